The molecule has 2 bridgehead atoms. The van der Waals surface area contributed by atoms with E-state index in [1.54, 1.807) is 19.4 Å². The second-order valence-electron chi connectivity index (χ2n) is 9.24. The summed E-state index contributed by atoms with van der Waals surface area (Å²) in [5.74, 6) is 1.43. The Kier molecular flexibility index (Phi) is 6.98. The zero-order chi connectivity index (χ0) is 23.3. The van der Waals surface area contributed by atoms with Gasteiger partial charge in [0, 0.05) is 36.3 Å². The van der Waals surface area contributed by atoms with Crippen molar-refractivity contribution in [2.45, 2.75) is 50.5 Å². The molecule has 7 heteroatoms. The molecule has 33 heavy (non-hydrogen) atoms. The first kappa shape index (κ1) is 23.2. The van der Waals surface area contributed by atoms with E-state index in [0.717, 1.165) is 44.1 Å². The molecule has 0 radical (unpaired) electrons. The van der Waals surface area contributed by atoms with Crippen molar-refractivity contribution in [3.8, 4) is 11.6 Å². The lowest BCUT2D eigenvalue weighted by molar-refractivity contribution is -0.138. The van der Waals surface area contributed by atoms with Crippen LogP contribution in [0, 0.1) is 5.41 Å². The third kappa shape index (κ3) is 4.88. The van der Waals surface area contributed by atoms with E-state index in [4.69, 9.17) is 15.2 Å². The molecule has 1 aromatic heterocycles. The van der Waals surface area contributed by atoms with E-state index >= 15 is 0 Å². The number of nitrogens with one attached hydrogen (secondary N) is 1. The third-order valence-electron chi connectivity index (χ3n) is 7.50. The molecule has 2 aromatic rings. The van der Waals surface area contributed by atoms with Crippen molar-refractivity contribution in [3.05, 3.63) is 65.6 Å². The molecular weight excluding hydrogens is 421 g/mol. The van der Waals surface area contributed by atoms with Crippen molar-refractivity contribution in [1.82, 2.24) is 10.3 Å². The summed E-state index contributed by atoms with van der Waals surface area (Å²) in [7, 11) is 1.59. The minimum absolute atomic E-state index is 0.127. The normalized spacial score (nSPS) is 24.4. The van der Waals surface area contributed by atoms with Gasteiger partial charge in [-0.3, -0.25) is 4.79 Å². The highest BCUT2D eigenvalue weighted by molar-refractivity contribution is 5.83. The number of carbonyl (C=O) groups is 1. The summed E-state index contributed by atoms with van der Waals surface area (Å²) in [4.78, 5) is 17.3. The summed E-state index contributed by atoms with van der Waals surface area (Å²) in [5.41, 5.74) is 8.03. The van der Waals surface area contributed by atoms with E-state index in [2.05, 4.69) is 22.4 Å². The van der Waals surface area contributed by atoms with Crippen LogP contribution in [0.25, 0.3) is 0 Å². The van der Waals surface area contributed by atoms with Crippen molar-refractivity contribution in [2.24, 2.45) is 11.1 Å². The number of nitrogens with zero attached hydrogens (tertiary/aromatic N) is 1. The van der Waals surface area contributed by atoms with Gasteiger partial charge in [0.1, 0.15) is 12.4 Å². The number of pyridine rings is 1. The summed E-state index contributed by atoms with van der Waals surface area (Å²) < 4.78 is 23.4. The van der Waals surface area contributed by atoms with Gasteiger partial charge < -0.3 is 20.5 Å². The van der Waals surface area contributed by atoms with E-state index < -0.39 is 0 Å². The van der Waals surface area contributed by atoms with Crippen LogP contribution in [-0.2, 0) is 16.8 Å². The first-order chi connectivity index (χ1) is 16.0. The number of rotatable bonds is 9. The number of hydrogen-bond donors (Lipinski definition) is 2. The van der Waals surface area contributed by atoms with E-state index in [-0.39, 0.29) is 29.9 Å². The van der Waals surface area contributed by atoms with Crippen molar-refractivity contribution in [1.29, 1.82) is 0 Å². The van der Waals surface area contributed by atoms with Gasteiger partial charge in [-0.25, -0.2) is 9.37 Å². The quantitative estimate of drug-likeness (QED) is 0.595. The molecule has 3 aliphatic carbocycles. The monoisotopic (exact) mass is 453 g/mol. The van der Waals surface area contributed by atoms with Gasteiger partial charge in [0.15, 0.2) is 0 Å². The minimum Gasteiger partial charge on any atom is -0.489 e. The highest BCUT2D eigenvalue weighted by Gasteiger charge is 2.52. The van der Waals surface area contributed by atoms with Gasteiger partial charge in [0.25, 0.3) is 0 Å². The SMILES string of the molecule is COc1ccc(CNC(=O)C23CCC(c4ccc(OC/C(=C/F)CN)cc4)(CC2)CC3)cn1. The average Bonchev–Trinajstić information content (AvgIpc) is 2.89. The van der Waals surface area contributed by atoms with Gasteiger partial charge in [0.05, 0.1) is 13.4 Å². The predicted octanol–water partition coefficient (Wildman–Crippen LogP) is 4.19. The Balaban J connectivity index is 1.33. The Bertz CT molecular complexity index is 964. The van der Waals surface area contributed by atoms with Gasteiger partial charge in [-0.2, -0.15) is 0 Å². The Morgan fingerprint density at radius 1 is 1.12 bits per heavy atom. The number of hydrogen-bond acceptors (Lipinski definition) is 5. The number of ether oxygens (including phenoxy) is 2. The zero-order valence-corrected chi connectivity index (χ0v) is 19.1. The van der Waals surface area contributed by atoms with Crippen LogP contribution in [0.3, 0.4) is 0 Å². The van der Waals surface area contributed by atoms with E-state index in [0.29, 0.717) is 30.1 Å². The third-order valence-corrected chi connectivity index (χ3v) is 7.50. The molecule has 0 spiro atoms. The standard InChI is InChI=1S/C26H32FN3O3/c1-32-23-7-2-19(16-29-23)17-30-24(31)26-11-8-25(9-12-26,10-13-26)21-3-5-22(6-4-21)33-18-20(14-27)15-28/h2-7,14,16H,8-13,15,17-18,28H2,1H3,(H,30,31)/b20-14+. The number of aromatic nitrogens is 1. The fraction of sp³-hybridized carbons (Fsp3) is 0.462. The summed E-state index contributed by atoms with van der Waals surface area (Å²) in [6.07, 6.45) is 7.97. The number of amides is 1. The molecule has 3 saturated carbocycles. The fourth-order valence-corrected chi connectivity index (χ4v) is 5.18. The molecule has 3 N–H and O–H groups in total. The van der Waals surface area contributed by atoms with Crippen molar-refractivity contribution >= 4 is 5.91 Å². The minimum atomic E-state index is -0.262. The second-order valence-corrected chi connectivity index (χ2v) is 9.24. The van der Waals surface area contributed by atoms with Crippen LogP contribution in [0.15, 0.2) is 54.5 Å². The maximum atomic E-state index is 13.1. The Morgan fingerprint density at radius 2 is 1.82 bits per heavy atom. The molecule has 0 atom stereocenters. The number of nitrogens with two attached hydrogens (primary N) is 1. The number of halogens is 1. The van der Waals surface area contributed by atoms with Gasteiger partial charge in [0.2, 0.25) is 11.8 Å². The highest BCUT2D eigenvalue weighted by Crippen LogP contribution is 2.57. The number of carbonyl (C=O) groups excluding carboxylic acids is 1. The molecule has 3 aliphatic rings. The molecule has 5 rings (SSSR count). The van der Waals surface area contributed by atoms with Gasteiger partial charge in [-0.1, -0.05) is 18.2 Å². The maximum absolute atomic E-state index is 13.1. The first-order valence-electron chi connectivity index (χ1n) is 11.5. The van der Waals surface area contributed by atoms with Crippen LogP contribution in [0.4, 0.5) is 4.39 Å². The summed E-state index contributed by atoms with van der Waals surface area (Å²) in [6.45, 7) is 0.777. The van der Waals surface area contributed by atoms with Crippen LogP contribution >= 0.6 is 0 Å². The lowest BCUT2D eigenvalue weighted by Gasteiger charge is -2.52. The number of benzene rings is 1. The smallest absolute Gasteiger partial charge is 0.226 e. The van der Waals surface area contributed by atoms with Crippen LogP contribution in [0.2, 0.25) is 0 Å². The van der Waals surface area contributed by atoms with Crippen LogP contribution in [0.5, 0.6) is 11.6 Å². The van der Waals surface area contributed by atoms with E-state index in [9.17, 15) is 9.18 Å². The molecule has 0 saturated heterocycles. The molecule has 6 nitrogen and oxygen atoms in total. The van der Waals surface area contributed by atoms with Crippen molar-refractivity contribution in [2.75, 3.05) is 20.3 Å². The Labute approximate surface area is 194 Å². The van der Waals surface area contributed by atoms with Crippen LogP contribution in [0.1, 0.15) is 49.7 Å². The van der Waals surface area contributed by atoms with Crippen molar-refractivity contribution in [3.63, 3.8) is 0 Å². The van der Waals surface area contributed by atoms with Crippen molar-refractivity contribution < 1.29 is 18.7 Å². The molecule has 1 heterocycles. The molecule has 1 aromatic carbocycles. The molecular formula is C26H32FN3O3. The zero-order valence-electron chi connectivity index (χ0n) is 19.1. The Hall–Kier alpha value is -2.93. The summed E-state index contributed by atoms with van der Waals surface area (Å²) in [6, 6.07) is 11.9. The maximum Gasteiger partial charge on any atom is 0.226 e. The van der Waals surface area contributed by atoms with E-state index in [1.807, 2.05) is 18.2 Å². The molecule has 0 unspecified atom stereocenters. The van der Waals surface area contributed by atoms with Gasteiger partial charge in [-0.05, 0) is 67.2 Å². The second kappa shape index (κ2) is 9.91. The van der Waals surface area contributed by atoms with Crippen LogP contribution < -0.4 is 20.5 Å². The van der Waals surface area contributed by atoms with Crippen LogP contribution in [-0.4, -0.2) is 31.2 Å². The molecule has 3 fully saturated rings. The predicted molar refractivity (Wildman–Crippen MR) is 125 cm³/mol. The van der Waals surface area contributed by atoms with Gasteiger partial charge in [-0.15, -0.1) is 0 Å². The number of methoxy groups -OCH3 is 1. The first-order valence-corrected chi connectivity index (χ1v) is 11.5. The topological polar surface area (TPSA) is 86.5 Å². The molecule has 1 amide bonds. The lowest BCUT2D eigenvalue weighted by Crippen LogP contribution is -2.51. The fourth-order valence-electron chi connectivity index (χ4n) is 5.18. The largest absolute Gasteiger partial charge is 0.489 e. The van der Waals surface area contributed by atoms with Gasteiger partial charge >= 0.3 is 0 Å². The Morgan fingerprint density at radius 3 is 2.36 bits per heavy atom. The lowest BCUT2D eigenvalue weighted by atomic mass is 9.51. The summed E-state index contributed by atoms with van der Waals surface area (Å²) >= 11 is 0. The highest BCUT2D eigenvalue weighted by atomic mass is 19.1. The summed E-state index contributed by atoms with van der Waals surface area (Å²) in [5, 5.41) is 3.14. The average molecular weight is 454 g/mol. The number of fused-ring (bicyclic) bond motifs is 3. The molecule has 0 aliphatic heterocycles. The van der Waals surface area contributed by atoms with E-state index in [1.165, 1.54) is 5.56 Å². The molecule has 176 valence electrons.